The van der Waals surface area contributed by atoms with Crippen LogP contribution >= 0.6 is 27.3 Å². The van der Waals surface area contributed by atoms with Crippen LogP contribution in [0.4, 0.5) is 0 Å². The van der Waals surface area contributed by atoms with E-state index >= 15 is 0 Å². The maximum absolute atomic E-state index is 11.9. The number of carbonyl (C=O) groups excluding carboxylic acids is 1. The smallest absolute Gasteiger partial charge is 0.262 e. The predicted molar refractivity (Wildman–Crippen MR) is 67.7 cm³/mol. The first-order valence-electron chi connectivity index (χ1n) is 5.37. The van der Waals surface area contributed by atoms with Crippen molar-refractivity contribution in [3.05, 3.63) is 20.8 Å². The third kappa shape index (κ3) is 2.47. The van der Waals surface area contributed by atoms with Gasteiger partial charge in [0.05, 0.1) is 0 Å². The van der Waals surface area contributed by atoms with Crippen molar-refractivity contribution >= 4 is 33.2 Å². The molecule has 1 fully saturated rings. The number of halogens is 1. The third-order valence-corrected chi connectivity index (χ3v) is 4.87. The van der Waals surface area contributed by atoms with E-state index in [1.165, 1.54) is 11.3 Å². The van der Waals surface area contributed by atoms with E-state index < -0.39 is 0 Å². The molecule has 0 bridgehead atoms. The first-order chi connectivity index (χ1) is 7.72. The van der Waals surface area contributed by atoms with Gasteiger partial charge in [-0.15, -0.1) is 11.3 Å². The molecule has 1 aliphatic rings. The summed E-state index contributed by atoms with van der Waals surface area (Å²) in [6.45, 7) is 0.163. The van der Waals surface area contributed by atoms with Gasteiger partial charge in [-0.25, -0.2) is 0 Å². The SMILES string of the molecule is O=C(NC1CCCC1CO)c1sccc1Br. The van der Waals surface area contributed by atoms with Crippen molar-refractivity contribution in [2.24, 2.45) is 5.92 Å². The van der Waals surface area contributed by atoms with E-state index in [-0.39, 0.29) is 24.5 Å². The van der Waals surface area contributed by atoms with Gasteiger partial charge in [0.15, 0.2) is 0 Å². The lowest BCUT2D eigenvalue weighted by Crippen LogP contribution is -2.38. The largest absolute Gasteiger partial charge is 0.396 e. The first kappa shape index (κ1) is 12.1. The van der Waals surface area contributed by atoms with Crippen LogP contribution in [0.3, 0.4) is 0 Å². The van der Waals surface area contributed by atoms with Crippen molar-refractivity contribution in [1.29, 1.82) is 0 Å². The molecule has 1 aromatic heterocycles. The van der Waals surface area contributed by atoms with Gasteiger partial charge in [0.25, 0.3) is 5.91 Å². The summed E-state index contributed by atoms with van der Waals surface area (Å²) >= 11 is 4.78. The minimum Gasteiger partial charge on any atom is -0.396 e. The Labute approximate surface area is 107 Å². The molecule has 5 heteroatoms. The third-order valence-electron chi connectivity index (χ3n) is 3.03. The molecule has 1 amide bonds. The van der Waals surface area contributed by atoms with Crippen LogP contribution in [0.15, 0.2) is 15.9 Å². The number of carbonyl (C=O) groups is 1. The molecule has 0 spiro atoms. The molecule has 16 heavy (non-hydrogen) atoms. The van der Waals surface area contributed by atoms with Gasteiger partial charge >= 0.3 is 0 Å². The number of rotatable bonds is 3. The molecule has 2 N–H and O–H groups in total. The quantitative estimate of drug-likeness (QED) is 0.901. The highest BCUT2D eigenvalue weighted by molar-refractivity contribution is 9.10. The zero-order valence-electron chi connectivity index (χ0n) is 8.78. The summed E-state index contributed by atoms with van der Waals surface area (Å²) in [5.41, 5.74) is 0. The summed E-state index contributed by atoms with van der Waals surface area (Å²) in [5, 5.41) is 14.1. The van der Waals surface area contributed by atoms with E-state index in [1.54, 1.807) is 0 Å². The first-order valence-corrected chi connectivity index (χ1v) is 7.04. The molecule has 1 aliphatic carbocycles. The Bertz CT molecular complexity index is 380. The number of hydrogen-bond donors (Lipinski definition) is 2. The fraction of sp³-hybridized carbons (Fsp3) is 0.545. The highest BCUT2D eigenvalue weighted by atomic mass is 79.9. The standard InChI is InChI=1S/C11H14BrNO2S/c12-8-4-5-16-10(8)11(15)13-9-3-1-2-7(9)6-14/h4-5,7,9,14H,1-3,6H2,(H,13,15). The Morgan fingerprint density at radius 1 is 1.62 bits per heavy atom. The average Bonchev–Trinajstić information content (AvgIpc) is 2.86. The lowest BCUT2D eigenvalue weighted by Gasteiger charge is -2.18. The van der Waals surface area contributed by atoms with Crippen LogP contribution in [-0.2, 0) is 0 Å². The van der Waals surface area contributed by atoms with Crippen molar-refractivity contribution in [3.8, 4) is 0 Å². The number of aliphatic hydroxyl groups is 1. The summed E-state index contributed by atoms with van der Waals surface area (Å²) in [7, 11) is 0. The molecule has 1 aromatic rings. The molecule has 0 saturated heterocycles. The minimum atomic E-state index is -0.0350. The maximum Gasteiger partial charge on any atom is 0.262 e. The molecule has 2 atom stereocenters. The summed E-state index contributed by atoms with van der Waals surface area (Å²) in [6.07, 6.45) is 3.06. The minimum absolute atomic E-state index is 0.0350. The number of amides is 1. The van der Waals surface area contributed by atoms with Crippen LogP contribution in [0.5, 0.6) is 0 Å². The van der Waals surface area contributed by atoms with E-state index in [1.807, 2.05) is 11.4 Å². The fourth-order valence-corrected chi connectivity index (χ4v) is 3.59. The highest BCUT2D eigenvalue weighted by Crippen LogP contribution is 2.27. The van der Waals surface area contributed by atoms with E-state index in [0.717, 1.165) is 23.7 Å². The van der Waals surface area contributed by atoms with Crippen LogP contribution in [-0.4, -0.2) is 23.7 Å². The van der Waals surface area contributed by atoms with Gasteiger partial charge < -0.3 is 10.4 Å². The Hall–Kier alpha value is -0.390. The Morgan fingerprint density at radius 3 is 3.06 bits per heavy atom. The van der Waals surface area contributed by atoms with Gasteiger partial charge in [-0.3, -0.25) is 4.79 Å². The molecule has 2 rings (SSSR count). The van der Waals surface area contributed by atoms with E-state index in [2.05, 4.69) is 21.2 Å². The molecule has 0 aromatic carbocycles. The second-order valence-electron chi connectivity index (χ2n) is 4.05. The van der Waals surface area contributed by atoms with Crippen LogP contribution in [0.2, 0.25) is 0 Å². The van der Waals surface area contributed by atoms with Gasteiger partial charge in [0.2, 0.25) is 0 Å². The average molecular weight is 304 g/mol. The Kier molecular flexibility index (Phi) is 4.00. The molecule has 3 nitrogen and oxygen atoms in total. The van der Waals surface area contributed by atoms with Crippen molar-refractivity contribution in [2.45, 2.75) is 25.3 Å². The zero-order chi connectivity index (χ0) is 11.5. The molecule has 1 heterocycles. The van der Waals surface area contributed by atoms with Crippen molar-refractivity contribution in [2.75, 3.05) is 6.61 Å². The van der Waals surface area contributed by atoms with Crippen LogP contribution < -0.4 is 5.32 Å². The van der Waals surface area contributed by atoms with Crippen molar-refractivity contribution in [1.82, 2.24) is 5.32 Å². The lowest BCUT2D eigenvalue weighted by molar-refractivity contribution is 0.0919. The molecular weight excluding hydrogens is 290 g/mol. The number of hydrogen-bond acceptors (Lipinski definition) is 3. The molecule has 2 unspecified atom stereocenters. The predicted octanol–water partition coefficient (Wildman–Crippen LogP) is 2.40. The zero-order valence-corrected chi connectivity index (χ0v) is 11.2. The number of thiophene rings is 1. The van der Waals surface area contributed by atoms with Gasteiger partial charge in [0.1, 0.15) is 4.88 Å². The second-order valence-corrected chi connectivity index (χ2v) is 5.82. The summed E-state index contributed by atoms with van der Waals surface area (Å²) in [4.78, 5) is 12.6. The number of aliphatic hydroxyl groups excluding tert-OH is 1. The Morgan fingerprint density at radius 2 is 2.44 bits per heavy atom. The highest BCUT2D eigenvalue weighted by Gasteiger charge is 2.28. The van der Waals surface area contributed by atoms with Crippen molar-refractivity contribution < 1.29 is 9.90 Å². The summed E-state index contributed by atoms with van der Waals surface area (Å²) < 4.78 is 0.841. The van der Waals surface area contributed by atoms with Crippen LogP contribution in [0.1, 0.15) is 28.9 Å². The molecule has 88 valence electrons. The topological polar surface area (TPSA) is 49.3 Å². The fourth-order valence-electron chi connectivity index (χ4n) is 2.14. The van der Waals surface area contributed by atoms with Crippen molar-refractivity contribution in [3.63, 3.8) is 0 Å². The Balaban J connectivity index is 2.00. The van der Waals surface area contributed by atoms with Gasteiger partial charge in [-0.05, 0) is 40.2 Å². The monoisotopic (exact) mass is 303 g/mol. The van der Waals surface area contributed by atoms with Gasteiger partial charge in [-0.2, -0.15) is 0 Å². The van der Waals surface area contributed by atoms with Crippen LogP contribution in [0, 0.1) is 5.92 Å². The number of nitrogens with one attached hydrogen (secondary N) is 1. The van der Waals surface area contributed by atoms with Gasteiger partial charge in [0, 0.05) is 23.0 Å². The molecule has 1 saturated carbocycles. The van der Waals surface area contributed by atoms with E-state index in [4.69, 9.17) is 0 Å². The maximum atomic E-state index is 11.9. The summed E-state index contributed by atoms with van der Waals surface area (Å²) in [5.74, 6) is 0.190. The van der Waals surface area contributed by atoms with Crippen LogP contribution in [0.25, 0.3) is 0 Å². The molecule has 0 radical (unpaired) electrons. The molecular formula is C11H14BrNO2S. The second kappa shape index (κ2) is 5.29. The van der Waals surface area contributed by atoms with E-state index in [0.29, 0.717) is 4.88 Å². The normalized spacial score (nSPS) is 24.6. The molecule has 0 aliphatic heterocycles. The van der Waals surface area contributed by atoms with Gasteiger partial charge in [-0.1, -0.05) is 6.42 Å². The summed E-state index contributed by atoms with van der Waals surface area (Å²) in [6, 6.07) is 2.00. The van der Waals surface area contributed by atoms with E-state index in [9.17, 15) is 9.90 Å². The lowest BCUT2D eigenvalue weighted by atomic mass is 10.1.